The molecule has 0 radical (unpaired) electrons. The largest absolute Gasteiger partial charge is 0.459 e. The molecule has 0 bridgehead atoms. The molecule has 0 heterocycles. The van der Waals surface area contributed by atoms with Gasteiger partial charge in [-0.15, -0.1) is 0 Å². The molecule has 1 atom stereocenters. The van der Waals surface area contributed by atoms with Gasteiger partial charge >= 0.3 is 18.0 Å². The predicted molar refractivity (Wildman–Crippen MR) is 39.9 cm³/mol. The van der Waals surface area contributed by atoms with Crippen molar-refractivity contribution in [1.29, 1.82) is 0 Å². The third-order valence-corrected chi connectivity index (χ3v) is 1.62. The maximum atomic E-state index is 12.5. The highest BCUT2D eigenvalue weighted by Gasteiger charge is 2.72. The maximum absolute atomic E-state index is 12.5. The highest BCUT2D eigenvalue weighted by atomic mass is 19.4. The summed E-state index contributed by atoms with van der Waals surface area (Å²) in [7, 11) is 0. The van der Waals surface area contributed by atoms with E-state index in [-0.39, 0.29) is 0 Å². The van der Waals surface area contributed by atoms with E-state index in [0.717, 1.165) is 0 Å². The first kappa shape index (κ1) is 16.4. The number of aliphatic hydroxyl groups is 2. The highest BCUT2D eigenvalue weighted by molar-refractivity contribution is 4.90. The van der Waals surface area contributed by atoms with Crippen LogP contribution >= 0.6 is 0 Å². The first-order valence-corrected chi connectivity index (χ1v) is 4.14. The number of rotatable bonds is 6. The summed E-state index contributed by atoms with van der Waals surface area (Å²) in [5.74, 6) is -11.7. The molecule has 0 amide bonds. The van der Waals surface area contributed by atoms with E-state index in [2.05, 4.69) is 4.74 Å². The first-order valence-electron chi connectivity index (χ1n) is 4.14. The van der Waals surface area contributed by atoms with E-state index >= 15 is 0 Å². The zero-order chi connectivity index (χ0) is 13.9. The molecule has 17 heavy (non-hydrogen) atoms. The number of hydrogen-bond acceptors (Lipinski definition) is 3. The van der Waals surface area contributed by atoms with Gasteiger partial charge in [0.25, 0.3) is 0 Å². The Morgan fingerprint density at radius 2 is 1.47 bits per heavy atom. The Hall–Kier alpha value is -0.610. The van der Waals surface area contributed by atoms with Gasteiger partial charge < -0.3 is 14.9 Å². The lowest BCUT2D eigenvalue weighted by Crippen LogP contribution is -2.54. The first-order chi connectivity index (χ1) is 7.45. The molecular weight excluding hydrogens is 265 g/mol. The summed E-state index contributed by atoms with van der Waals surface area (Å²) < 4.78 is 88.1. The van der Waals surface area contributed by atoms with Crippen LogP contribution in [0.5, 0.6) is 0 Å². The van der Waals surface area contributed by atoms with Gasteiger partial charge in [0, 0.05) is 0 Å². The highest BCUT2D eigenvalue weighted by Crippen LogP contribution is 2.46. The molecule has 1 unspecified atom stereocenters. The van der Waals surface area contributed by atoms with Crippen molar-refractivity contribution in [3.8, 4) is 0 Å². The summed E-state index contributed by atoms with van der Waals surface area (Å²) in [5.41, 5.74) is 0. The van der Waals surface area contributed by atoms with E-state index in [1.807, 2.05) is 0 Å². The van der Waals surface area contributed by atoms with Crippen molar-refractivity contribution >= 4 is 0 Å². The maximum Gasteiger partial charge on any atom is 0.459 e. The second kappa shape index (κ2) is 5.36. The van der Waals surface area contributed by atoms with Crippen LogP contribution in [0.15, 0.2) is 0 Å². The van der Waals surface area contributed by atoms with Crippen molar-refractivity contribution in [2.45, 2.75) is 24.1 Å². The van der Waals surface area contributed by atoms with Crippen LogP contribution in [0.25, 0.3) is 0 Å². The van der Waals surface area contributed by atoms with E-state index < -0.39 is 43.9 Å². The van der Waals surface area contributed by atoms with Crippen LogP contribution in [0.4, 0.5) is 30.7 Å². The van der Waals surface area contributed by atoms with Gasteiger partial charge in [-0.05, 0) is 0 Å². The zero-order valence-electron chi connectivity index (χ0n) is 8.15. The van der Waals surface area contributed by atoms with Crippen LogP contribution < -0.4 is 0 Å². The van der Waals surface area contributed by atoms with Crippen LogP contribution in [0.2, 0.25) is 0 Å². The van der Waals surface area contributed by atoms with Gasteiger partial charge in [-0.2, -0.15) is 30.7 Å². The average Bonchev–Trinajstić information content (AvgIpc) is 2.15. The molecular formula is C7H9F7O3. The summed E-state index contributed by atoms with van der Waals surface area (Å²) in [4.78, 5) is 0. The van der Waals surface area contributed by atoms with E-state index in [9.17, 15) is 30.7 Å². The lowest BCUT2D eigenvalue weighted by atomic mass is 10.2. The van der Waals surface area contributed by atoms with Crippen molar-refractivity contribution in [2.75, 3.05) is 19.8 Å². The Balaban J connectivity index is 4.47. The molecule has 0 saturated heterocycles. The molecule has 0 aliphatic rings. The molecule has 104 valence electrons. The zero-order valence-corrected chi connectivity index (χ0v) is 8.15. The van der Waals surface area contributed by atoms with E-state index in [1.54, 1.807) is 0 Å². The quantitative estimate of drug-likeness (QED) is 0.715. The minimum atomic E-state index is -6.41. The second-order valence-electron chi connectivity index (χ2n) is 3.13. The van der Waals surface area contributed by atoms with Crippen LogP contribution in [0.3, 0.4) is 0 Å². The molecule has 10 heteroatoms. The Kier molecular flexibility index (Phi) is 5.16. The lowest BCUT2D eigenvalue weighted by molar-refractivity contribution is -0.361. The molecule has 2 N–H and O–H groups in total. The molecule has 0 spiro atoms. The third-order valence-electron chi connectivity index (χ3n) is 1.62. The van der Waals surface area contributed by atoms with Gasteiger partial charge in [0.2, 0.25) is 0 Å². The number of alkyl halides is 7. The van der Waals surface area contributed by atoms with Crippen LogP contribution in [-0.4, -0.2) is 54.2 Å². The minimum absolute atomic E-state index is 0.902. The van der Waals surface area contributed by atoms with Gasteiger partial charge in [0.15, 0.2) is 0 Å². The van der Waals surface area contributed by atoms with E-state index in [0.29, 0.717) is 0 Å². The normalized spacial score (nSPS) is 16.1. The Labute approximate surface area is 90.8 Å². The van der Waals surface area contributed by atoms with Crippen molar-refractivity contribution in [3.05, 3.63) is 0 Å². The molecule has 0 aromatic rings. The molecule has 3 nitrogen and oxygen atoms in total. The summed E-state index contributed by atoms with van der Waals surface area (Å²) in [5, 5.41) is 16.8. The monoisotopic (exact) mass is 274 g/mol. The van der Waals surface area contributed by atoms with Gasteiger partial charge in [-0.3, -0.25) is 0 Å². The Morgan fingerprint density at radius 1 is 1.00 bits per heavy atom. The summed E-state index contributed by atoms with van der Waals surface area (Å²) >= 11 is 0. The van der Waals surface area contributed by atoms with Crippen molar-refractivity contribution in [2.24, 2.45) is 0 Å². The number of aliphatic hydroxyl groups excluding tert-OH is 2. The second-order valence-corrected chi connectivity index (χ2v) is 3.13. The van der Waals surface area contributed by atoms with E-state index in [1.165, 1.54) is 0 Å². The summed E-state index contributed by atoms with van der Waals surface area (Å²) in [6.07, 6.45) is -8.04. The summed E-state index contributed by atoms with van der Waals surface area (Å²) in [6, 6.07) is 0. The van der Waals surface area contributed by atoms with Gasteiger partial charge in [0.1, 0.15) is 12.7 Å². The van der Waals surface area contributed by atoms with Crippen molar-refractivity contribution in [3.63, 3.8) is 0 Å². The van der Waals surface area contributed by atoms with E-state index in [4.69, 9.17) is 10.2 Å². The molecule has 0 fully saturated rings. The Morgan fingerprint density at radius 3 is 1.82 bits per heavy atom. The number of halogens is 7. The molecule has 0 aromatic heterocycles. The molecule has 0 aliphatic carbocycles. The molecule has 0 rings (SSSR count). The number of ether oxygens (including phenoxy) is 1. The summed E-state index contributed by atoms with van der Waals surface area (Å²) in [6.45, 7) is -4.11. The van der Waals surface area contributed by atoms with Gasteiger partial charge in [-0.1, -0.05) is 0 Å². The molecule has 0 aromatic carbocycles. The molecule has 0 saturated carbocycles. The number of hydrogen-bond donors (Lipinski definition) is 2. The average molecular weight is 274 g/mol. The van der Waals surface area contributed by atoms with Crippen molar-refractivity contribution in [1.82, 2.24) is 0 Å². The van der Waals surface area contributed by atoms with Gasteiger partial charge in [-0.25, -0.2) is 0 Å². The smallest absolute Gasteiger partial charge is 0.394 e. The minimum Gasteiger partial charge on any atom is -0.394 e. The van der Waals surface area contributed by atoms with Crippen LogP contribution in [0, 0.1) is 0 Å². The SMILES string of the molecule is OCC(O)COCC(F)(F)C(F)(F)C(F)(F)F. The topological polar surface area (TPSA) is 49.7 Å². The fourth-order valence-corrected chi connectivity index (χ4v) is 0.674. The van der Waals surface area contributed by atoms with Crippen molar-refractivity contribution < 1.29 is 45.7 Å². The third kappa shape index (κ3) is 3.96. The van der Waals surface area contributed by atoms with Crippen LogP contribution in [-0.2, 0) is 4.74 Å². The fourth-order valence-electron chi connectivity index (χ4n) is 0.674. The standard InChI is InChI=1S/C7H9F7O3/c8-5(9,3-17-2-4(16)1-15)6(10,11)7(12,13)14/h4,15-16H,1-3H2. The van der Waals surface area contributed by atoms with Gasteiger partial charge in [0.05, 0.1) is 13.2 Å². The lowest BCUT2D eigenvalue weighted by Gasteiger charge is -2.28. The fraction of sp³-hybridized carbons (Fsp3) is 1.00. The Bertz CT molecular complexity index is 240. The molecule has 0 aliphatic heterocycles. The predicted octanol–water partition coefficient (Wildman–Crippen LogP) is 1.19. The van der Waals surface area contributed by atoms with Crippen LogP contribution in [0.1, 0.15) is 0 Å².